The van der Waals surface area contributed by atoms with E-state index in [-0.39, 0.29) is 0 Å². The van der Waals surface area contributed by atoms with Crippen LogP contribution in [-0.4, -0.2) is 23.8 Å². The van der Waals surface area contributed by atoms with Gasteiger partial charge < -0.3 is 4.89 Å². The van der Waals surface area contributed by atoms with Gasteiger partial charge in [-0.05, 0) is 13.8 Å². The van der Waals surface area contributed by atoms with Crippen LogP contribution >= 0.6 is 7.82 Å². The Bertz CT molecular complexity index is 202. The second-order valence-corrected chi connectivity index (χ2v) is 3.92. The van der Waals surface area contributed by atoms with Gasteiger partial charge in [-0.25, -0.2) is 4.57 Å². The molecule has 0 amide bonds. The maximum absolute atomic E-state index is 11.5. The summed E-state index contributed by atoms with van der Waals surface area (Å²) in [6.07, 6.45) is -5.32. The minimum atomic E-state index is -4.64. The van der Waals surface area contributed by atoms with Crippen molar-refractivity contribution in [3.63, 3.8) is 0 Å². The van der Waals surface area contributed by atoms with E-state index in [0.717, 1.165) is 0 Å². The van der Waals surface area contributed by atoms with Crippen LogP contribution in [0.25, 0.3) is 0 Å². The van der Waals surface area contributed by atoms with Crippen molar-refractivity contribution in [3.05, 3.63) is 0 Å². The van der Waals surface area contributed by atoms with Gasteiger partial charge in [0.1, 0.15) is 0 Å². The Morgan fingerprint density at radius 3 is 2.23 bits per heavy atom. The molecule has 0 spiro atoms. The molecule has 0 aliphatic rings. The molecule has 0 rings (SSSR count). The van der Waals surface area contributed by atoms with Crippen molar-refractivity contribution in [3.8, 4) is 0 Å². The number of halogens is 3. The van der Waals surface area contributed by atoms with Gasteiger partial charge >= 0.3 is 14.0 Å². The van der Waals surface area contributed by atoms with Gasteiger partial charge in [0.15, 0.2) is 6.61 Å². The lowest BCUT2D eigenvalue weighted by molar-refractivity contribution is -0.158. The molecule has 0 aromatic carbocycles. The van der Waals surface area contributed by atoms with Crippen molar-refractivity contribution in [2.75, 3.05) is 6.61 Å². The summed E-state index contributed by atoms with van der Waals surface area (Å²) in [5.74, 6) is 0. The smallest absolute Gasteiger partial charge is 0.302 e. The van der Waals surface area contributed by atoms with Crippen LogP contribution in [0, 0.1) is 0 Å². The molecule has 0 aliphatic carbocycles. The number of hydrogen-bond donors (Lipinski definition) is 1. The molecule has 0 bridgehead atoms. The number of alkyl halides is 3. The molecule has 1 atom stereocenters. The lowest BCUT2D eigenvalue weighted by atomic mass is 10.5. The summed E-state index contributed by atoms with van der Waals surface area (Å²) in [5.41, 5.74) is 0. The van der Waals surface area contributed by atoms with Crippen LogP contribution in [0.5, 0.6) is 0 Å². The first-order valence-electron chi connectivity index (χ1n) is 3.35. The maximum atomic E-state index is 11.5. The first kappa shape index (κ1) is 12.9. The molecule has 13 heavy (non-hydrogen) atoms. The molecule has 0 aliphatic heterocycles. The van der Waals surface area contributed by atoms with Crippen molar-refractivity contribution in [2.24, 2.45) is 0 Å². The minimum absolute atomic E-state index is 0.677. The maximum Gasteiger partial charge on any atom is 0.472 e. The second-order valence-electron chi connectivity index (χ2n) is 2.51. The van der Waals surface area contributed by atoms with Gasteiger partial charge in [-0.15, -0.1) is 0 Å². The van der Waals surface area contributed by atoms with Gasteiger partial charge in [0.25, 0.3) is 0 Å². The van der Waals surface area contributed by atoms with Crippen molar-refractivity contribution in [1.82, 2.24) is 0 Å². The van der Waals surface area contributed by atoms with E-state index in [9.17, 15) is 17.7 Å². The van der Waals surface area contributed by atoms with Gasteiger partial charge in [-0.2, -0.15) is 13.2 Å². The normalized spacial score (nSPS) is 17.5. The molecule has 0 aromatic heterocycles. The molecule has 0 radical (unpaired) electrons. The number of rotatable bonds is 4. The van der Waals surface area contributed by atoms with Crippen LogP contribution in [0.15, 0.2) is 0 Å². The fourth-order valence-corrected chi connectivity index (χ4v) is 1.35. The standard InChI is InChI=1S/C5H10F3O4P/c1-4(2)12-13(9,10)11-3-5(6,7)8/h4H,3H2,1-2H3,(H,9,10). The van der Waals surface area contributed by atoms with E-state index in [1.165, 1.54) is 13.8 Å². The Balaban J connectivity index is 3.97. The SMILES string of the molecule is CC(C)OP(=O)(O)OCC(F)(F)F. The molecule has 0 saturated heterocycles. The summed E-state index contributed by atoms with van der Waals surface area (Å²) in [7, 11) is -4.57. The molecule has 0 heterocycles. The Hall–Kier alpha value is -0.100. The summed E-state index contributed by atoms with van der Waals surface area (Å²) in [6, 6.07) is 0. The predicted molar refractivity (Wildman–Crippen MR) is 38.1 cm³/mol. The largest absolute Gasteiger partial charge is 0.472 e. The van der Waals surface area contributed by atoms with Crippen LogP contribution in [0.2, 0.25) is 0 Å². The Morgan fingerprint density at radius 1 is 1.46 bits per heavy atom. The quantitative estimate of drug-likeness (QED) is 0.740. The van der Waals surface area contributed by atoms with E-state index in [2.05, 4.69) is 9.05 Å². The highest BCUT2D eigenvalue weighted by atomic mass is 31.2. The molecule has 4 nitrogen and oxygen atoms in total. The molecular formula is C5H10F3O4P. The zero-order valence-corrected chi connectivity index (χ0v) is 7.93. The fourth-order valence-electron chi connectivity index (χ4n) is 0.452. The summed E-state index contributed by atoms with van der Waals surface area (Å²) >= 11 is 0. The molecule has 1 N–H and O–H groups in total. The van der Waals surface area contributed by atoms with Crippen LogP contribution in [0.4, 0.5) is 13.2 Å². The monoisotopic (exact) mass is 222 g/mol. The Kier molecular flexibility index (Phi) is 4.38. The van der Waals surface area contributed by atoms with E-state index in [1.54, 1.807) is 0 Å². The van der Waals surface area contributed by atoms with E-state index < -0.39 is 26.7 Å². The summed E-state index contributed by atoms with van der Waals surface area (Å²) in [4.78, 5) is 8.66. The third kappa shape index (κ3) is 8.24. The third-order valence-electron chi connectivity index (χ3n) is 0.735. The van der Waals surface area contributed by atoms with E-state index in [0.29, 0.717) is 0 Å². The zero-order valence-electron chi connectivity index (χ0n) is 7.04. The summed E-state index contributed by atoms with van der Waals surface area (Å²) in [6.45, 7) is 1.01. The fraction of sp³-hybridized carbons (Fsp3) is 1.00. The van der Waals surface area contributed by atoms with E-state index in [4.69, 9.17) is 4.89 Å². The molecular weight excluding hydrogens is 212 g/mol. The highest BCUT2D eigenvalue weighted by molar-refractivity contribution is 7.47. The molecule has 8 heteroatoms. The van der Waals surface area contributed by atoms with Crippen LogP contribution in [-0.2, 0) is 13.6 Å². The Morgan fingerprint density at radius 2 is 1.92 bits per heavy atom. The highest BCUT2D eigenvalue weighted by Crippen LogP contribution is 2.45. The van der Waals surface area contributed by atoms with Crippen molar-refractivity contribution < 1.29 is 31.7 Å². The van der Waals surface area contributed by atoms with Gasteiger partial charge in [0.2, 0.25) is 0 Å². The number of hydrogen-bond acceptors (Lipinski definition) is 3. The second kappa shape index (κ2) is 4.41. The van der Waals surface area contributed by atoms with E-state index in [1.807, 2.05) is 0 Å². The topological polar surface area (TPSA) is 55.8 Å². The van der Waals surface area contributed by atoms with Crippen LogP contribution < -0.4 is 0 Å². The lowest BCUT2D eigenvalue weighted by Gasteiger charge is -2.15. The van der Waals surface area contributed by atoms with Gasteiger partial charge in [0.05, 0.1) is 6.10 Å². The lowest BCUT2D eigenvalue weighted by Crippen LogP contribution is -2.17. The van der Waals surface area contributed by atoms with Gasteiger partial charge in [-0.3, -0.25) is 9.05 Å². The van der Waals surface area contributed by atoms with Crippen LogP contribution in [0.3, 0.4) is 0 Å². The minimum Gasteiger partial charge on any atom is -0.302 e. The average Bonchev–Trinajstić information content (AvgIpc) is 1.79. The van der Waals surface area contributed by atoms with Crippen molar-refractivity contribution >= 4 is 7.82 Å². The van der Waals surface area contributed by atoms with Gasteiger partial charge in [0, 0.05) is 0 Å². The summed E-state index contributed by atoms with van der Waals surface area (Å²) < 4.78 is 53.1. The average molecular weight is 222 g/mol. The first-order valence-corrected chi connectivity index (χ1v) is 4.84. The van der Waals surface area contributed by atoms with Crippen molar-refractivity contribution in [2.45, 2.75) is 26.1 Å². The zero-order chi connectivity index (χ0) is 10.7. The predicted octanol–water partition coefficient (Wildman–Crippen LogP) is 2.09. The molecule has 1 unspecified atom stereocenters. The summed E-state index contributed by atoms with van der Waals surface area (Å²) in [5, 5.41) is 0. The molecule has 0 saturated carbocycles. The van der Waals surface area contributed by atoms with E-state index >= 15 is 0 Å². The Labute approximate surface area is 73.3 Å². The third-order valence-corrected chi connectivity index (χ3v) is 1.88. The van der Waals surface area contributed by atoms with Crippen molar-refractivity contribution in [1.29, 1.82) is 0 Å². The van der Waals surface area contributed by atoms with Crippen LogP contribution in [0.1, 0.15) is 13.8 Å². The number of phosphoric acid groups is 1. The first-order chi connectivity index (χ1) is 5.62. The molecule has 0 fully saturated rings. The molecule has 80 valence electrons. The highest BCUT2D eigenvalue weighted by Gasteiger charge is 2.34. The van der Waals surface area contributed by atoms with Gasteiger partial charge in [-0.1, -0.05) is 0 Å². The number of phosphoric ester groups is 1. The molecule has 0 aromatic rings.